The minimum Gasteiger partial charge on any atom is -0.486 e. The van der Waals surface area contributed by atoms with Crippen molar-refractivity contribution in [3.8, 4) is 17.2 Å². The van der Waals surface area contributed by atoms with E-state index in [4.69, 9.17) is 18.9 Å². The second-order valence-electron chi connectivity index (χ2n) is 5.32. The smallest absolute Gasteiger partial charge is 0.338 e. The maximum atomic E-state index is 12.3. The van der Waals surface area contributed by atoms with Gasteiger partial charge in [-0.25, -0.2) is 4.79 Å². The highest BCUT2D eigenvalue weighted by Gasteiger charge is 2.15. The van der Waals surface area contributed by atoms with Gasteiger partial charge in [0.25, 0.3) is 0 Å². The molecule has 0 N–H and O–H groups in total. The summed E-state index contributed by atoms with van der Waals surface area (Å²) in [6, 6.07) is 11.5. The highest BCUT2D eigenvalue weighted by atomic mass is 16.6. The number of esters is 1. The molecule has 0 aliphatic carbocycles. The Balaban J connectivity index is 1.59. The van der Waals surface area contributed by atoms with Crippen LogP contribution >= 0.6 is 0 Å². The lowest BCUT2D eigenvalue weighted by Gasteiger charge is -2.18. The van der Waals surface area contributed by atoms with Gasteiger partial charge in [0.2, 0.25) is 0 Å². The Hall–Kier alpha value is -3.02. The van der Waals surface area contributed by atoms with Gasteiger partial charge in [-0.3, -0.25) is 4.79 Å². The Kier molecular flexibility index (Phi) is 5.18. The highest BCUT2D eigenvalue weighted by molar-refractivity contribution is 5.98. The maximum Gasteiger partial charge on any atom is 0.338 e. The molecule has 130 valence electrons. The van der Waals surface area contributed by atoms with Gasteiger partial charge in [0.1, 0.15) is 19.0 Å². The number of rotatable bonds is 6. The number of ketones is 1. The normalized spacial score (nSPS) is 12.4. The maximum absolute atomic E-state index is 12.3. The van der Waals surface area contributed by atoms with E-state index in [9.17, 15) is 9.59 Å². The van der Waals surface area contributed by atoms with Crippen molar-refractivity contribution in [1.82, 2.24) is 0 Å². The summed E-state index contributed by atoms with van der Waals surface area (Å²) >= 11 is 0. The number of Topliss-reactive ketones (excluding diaryl/α,β-unsaturated/α-hetero) is 1. The molecular formula is C19H18O6. The van der Waals surface area contributed by atoms with Gasteiger partial charge < -0.3 is 18.9 Å². The zero-order valence-electron chi connectivity index (χ0n) is 13.8. The predicted octanol–water partition coefficient (Wildman–Crippen LogP) is 2.90. The second-order valence-corrected chi connectivity index (χ2v) is 5.32. The van der Waals surface area contributed by atoms with Crippen LogP contribution in [0.25, 0.3) is 0 Å². The molecule has 1 aliphatic heterocycles. The first-order valence-corrected chi connectivity index (χ1v) is 8.00. The third kappa shape index (κ3) is 4.09. The summed E-state index contributed by atoms with van der Waals surface area (Å²) in [6.07, 6.45) is 0. The summed E-state index contributed by atoms with van der Waals surface area (Å²) in [6.45, 7) is 2.93. The SMILES string of the molecule is CCOC(=O)c1ccc(OCC(=O)c2ccc3c(c2)OCCO3)cc1. The predicted molar refractivity (Wildman–Crippen MR) is 89.7 cm³/mol. The van der Waals surface area contributed by atoms with Crippen molar-refractivity contribution in [3.63, 3.8) is 0 Å². The topological polar surface area (TPSA) is 71.1 Å². The Morgan fingerprint density at radius 3 is 2.36 bits per heavy atom. The van der Waals surface area contributed by atoms with Gasteiger partial charge in [-0.05, 0) is 49.4 Å². The molecule has 2 aromatic rings. The lowest BCUT2D eigenvalue weighted by molar-refractivity contribution is 0.0526. The van der Waals surface area contributed by atoms with Crippen LogP contribution in [-0.4, -0.2) is 38.2 Å². The molecular weight excluding hydrogens is 324 g/mol. The van der Waals surface area contributed by atoms with E-state index in [1.54, 1.807) is 49.4 Å². The van der Waals surface area contributed by atoms with E-state index in [1.807, 2.05) is 0 Å². The highest BCUT2D eigenvalue weighted by Crippen LogP contribution is 2.30. The van der Waals surface area contributed by atoms with Gasteiger partial charge in [-0.2, -0.15) is 0 Å². The molecule has 3 rings (SSSR count). The summed E-state index contributed by atoms with van der Waals surface area (Å²) in [5.74, 6) is 1.14. The van der Waals surface area contributed by atoms with Crippen molar-refractivity contribution >= 4 is 11.8 Å². The molecule has 1 aliphatic rings. The molecule has 6 heteroatoms. The summed E-state index contributed by atoms with van der Waals surface area (Å²) < 4.78 is 21.3. The van der Waals surface area contributed by atoms with E-state index in [1.165, 1.54) is 0 Å². The van der Waals surface area contributed by atoms with E-state index in [2.05, 4.69) is 0 Å². The summed E-state index contributed by atoms with van der Waals surface area (Å²) in [5, 5.41) is 0. The van der Waals surface area contributed by atoms with Crippen molar-refractivity contribution in [2.24, 2.45) is 0 Å². The number of ether oxygens (including phenoxy) is 4. The number of hydrogen-bond donors (Lipinski definition) is 0. The van der Waals surface area contributed by atoms with Crippen LogP contribution < -0.4 is 14.2 Å². The van der Waals surface area contributed by atoms with Crippen LogP contribution in [0.1, 0.15) is 27.6 Å². The van der Waals surface area contributed by atoms with Crippen molar-refractivity contribution in [1.29, 1.82) is 0 Å². The quantitative estimate of drug-likeness (QED) is 0.594. The fourth-order valence-electron chi connectivity index (χ4n) is 2.35. The third-order valence-electron chi connectivity index (χ3n) is 3.60. The van der Waals surface area contributed by atoms with Gasteiger partial charge in [0, 0.05) is 5.56 Å². The molecule has 0 saturated heterocycles. The minimum absolute atomic E-state index is 0.113. The zero-order valence-corrected chi connectivity index (χ0v) is 13.8. The van der Waals surface area contributed by atoms with Crippen molar-refractivity contribution in [3.05, 3.63) is 53.6 Å². The molecule has 25 heavy (non-hydrogen) atoms. The van der Waals surface area contributed by atoms with Crippen LogP contribution in [0.5, 0.6) is 17.2 Å². The summed E-state index contributed by atoms with van der Waals surface area (Å²) in [5.41, 5.74) is 0.930. The van der Waals surface area contributed by atoms with E-state index in [0.29, 0.717) is 48.2 Å². The van der Waals surface area contributed by atoms with E-state index in [0.717, 1.165) is 0 Å². The minimum atomic E-state index is -0.388. The van der Waals surface area contributed by atoms with Crippen LogP contribution in [0.15, 0.2) is 42.5 Å². The van der Waals surface area contributed by atoms with Crippen LogP contribution in [0.2, 0.25) is 0 Å². The average molecular weight is 342 g/mol. The number of fused-ring (bicyclic) bond motifs is 1. The third-order valence-corrected chi connectivity index (χ3v) is 3.60. The Morgan fingerprint density at radius 1 is 0.960 bits per heavy atom. The number of benzene rings is 2. The summed E-state index contributed by atoms with van der Waals surface area (Å²) in [7, 11) is 0. The fourth-order valence-corrected chi connectivity index (χ4v) is 2.35. The average Bonchev–Trinajstić information content (AvgIpc) is 2.66. The zero-order chi connectivity index (χ0) is 17.6. The monoisotopic (exact) mass is 342 g/mol. The number of carbonyl (C=O) groups is 2. The molecule has 6 nitrogen and oxygen atoms in total. The van der Waals surface area contributed by atoms with Crippen LogP contribution in [-0.2, 0) is 4.74 Å². The molecule has 0 saturated carbocycles. The molecule has 2 aromatic carbocycles. The largest absolute Gasteiger partial charge is 0.486 e. The first-order chi connectivity index (χ1) is 12.2. The lowest BCUT2D eigenvalue weighted by atomic mass is 10.1. The van der Waals surface area contributed by atoms with Crippen LogP contribution in [0, 0.1) is 0 Å². The van der Waals surface area contributed by atoms with Crippen LogP contribution in [0.3, 0.4) is 0 Å². The summed E-state index contributed by atoms with van der Waals surface area (Å²) in [4.78, 5) is 23.9. The van der Waals surface area contributed by atoms with Crippen molar-refractivity contribution < 1.29 is 28.5 Å². The Labute approximate surface area is 145 Å². The van der Waals surface area contributed by atoms with Gasteiger partial charge in [0.15, 0.2) is 23.9 Å². The van der Waals surface area contributed by atoms with E-state index < -0.39 is 0 Å². The number of hydrogen-bond acceptors (Lipinski definition) is 6. The molecule has 1 heterocycles. The van der Waals surface area contributed by atoms with Crippen molar-refractivity contribution in [2.45, 2.75) is 6.92 Å². The molecule has 0 spiro atoms. The Morgan fingerprint density at radius 2 is 1.64 bits per heavy atom. The molecule has 0 aromatic heterocycles. The van der Waals surface area contributed by atoms with Crippen LogP contribution in [0.4, 0.5) is 0 Å². The van der Waals surface area contributed by atoms with Gasteiger partial charge in [0.05, 0.1) is 12.2 Å². The van der Waals surface area contributed by atoms with E-state index >= 15 is 0 Å². The lowest BCUT2D eigenvalue weighted by Crippen LogP contribution is -2.17. The van der Waals surface area contributed by atoms with Crippen molar-refractivity contribution in [2.75, 3.05) is 26.4 Å². The van der Waals surface area contributed by atoms with Gasteiger partial charge in [-0.15, -0.1) is 0 Å². The molecule has 0 fully saturated rings. The van der Waals surface area contributed by atoms with E-state index in [-0.39, 0.29) is 18.4 Å². The standard InChI is InChI=1S/C19H18O6/c1-2-22-19(21)13-3-6-15(7-4-13)25-12-16(20)14-5-8-17-18(11-14)24-10-9-23-17/h3-8,11H,2,9-10,12H2,1H3. The number of carbonyl (C=O) groups excluding carboxylic acids is 2. The van der Waals surface area contributed by atoms with Gasteiger partial charge in [-0.1, -0.05) is 0 Å². The molecule has 0 bridgehead atoms. The molecule has 0 unspecified atom stereocenters. The molecule has 0 radical (unpaired) electrons. The molecule has 0 atom stereocenters. The fraction of sp³-hybridized carbons (Fsp3) is 0.263. The molecule has 0 amide bonds. The first-order valence-electron chi connectivity index (χ1n) is 8.00. The first kappa shape index (κ1) is 16.8. The second kappa shape index (κ2) is 7.70. The van der Waals surface area contributed by atoms with Gasteiger partial charge >= 0.3 is 5.97 Å². The Bertz CT molecular complexity index is 766.